The number of methoxy groups -OCH3 is 3. The Balaban J connectivity index is 1.95. The van der Waals surface area contributed by atoms with Gasteiger partial charge in [0.1, 0.15) is 6.10 Å². The SMILES string of the molecule is COc1cc(C(=O)O[C@@H]2c3ccccc3CC[C@H]2N(C)C)cc(OC)c1OC. The summed E-state index contributed by atoms with van der Waals surface area (Å²) in [7, 11) is 8.59. The predicted octanol–water partition coefficient (Wildman–Crippen LogP) is 3.49. The molecule has 0 aromatic heterocycles. The molecule has 6 nitrogen and oxygen atoms in total. The largest absolute Gasteiger partial charge is 0.493 e. The molecule has 28 heavy (non-hydrogen) atoms. The van der Waals surface area contributed by atoms with Crippen molar-refractivity contribution in [3.05, 3.63) is 53.1 Å². The van der Waals surface area contributed by atoms with Gasteiger partial charge in [-0.25, -0.2) is 4.79 Å². The maximum Gasteiger partial charge on any atom is 0.339 e. The van der Waals surface area contributed by atoms with E-state index in [2.05, 4.69) is 11.0 Å². The third kappa shape index (κ3) is 3.78. The first-order chi connectivity index (χ1) is 13.5. The Morgan fingerprint density at radius 1 is 1.00 bits per heavy atom. The topological polar surface area (TPSA) is 57.2 Å². The summed E-state index contributed by atoms with van der Waals surface area (Å²) in [4.78, 5) is 15.1. The molecule has 150 valence electrons. The van der Waals surface area contributed by atoms with Gasteiger partial charge in [0.2, 0.25) is 5.75 Å². The van der Waals surface area contributed by atoms with Crippen molar-refractivity contribution in [2.75, 3.05) is 35.4 Å². The molecule has 0 spiro atoms. The van der Waals surface area contributed by atoms with Crippen LogP contribution in [-0.4, -0.2) is 52.3 Å². The van der Waals surface area contributed by atoms with E-state index in [1.54, 1.807) is 12.1 Å². The van der Waals surface area contributed by atoms with E-state index in [1.807, 2.05) is 32.3 Å². The van der Waals surface area contributed by atoms with E-state index in [0.717, 1.165) is 18.4 Å². The monoisotopic (exact) mass is 385 g/mol. The summed E-state index contributed by atoms with van der Waals surface area (Å²) in [6.45, 7) is 0. The molecule has 0 bridgehead atoms. The van der Waals surface area contributed by atoms with Gasteiger partial charge in [-0.1, -0.05) is 24.3 Å². The Morgan fingerprint density at radius 3 is 2.21 bits per heavy atom. The maximum absolute atomic E-state index is 13.0. The minimum absolute atomic E-state index is 0.112. The van der Waals surface area contributed by atoms with Crippen LogP contribution in [0.5, 0.6) is 17.2 Å². The second-order valence-corrected chi connectivity index (χ2v) is 7.01. The Hall–Kier alpha value is -2.73. The molecule has 0 saturated carbocycles. The van der Waals surface area contributed by atoms with Crippen molar-refractivity contribution < 1.29 is 23.7 Å². The fourth-order valence-electron chi connectivity index (χ4n) is 3.75. The van der Waals surface area contributed by atoms with Gasteiger partial charge in [-0.15, -0.1) is 0 Å². The Kier molecular flexibility index (Phi) is 6.09. The number of likely N-dealkylation sites (N-methyl/N-ethyl adjacent to an activating group) is 1. The van der Waals surface area contributed by atoms with Crippen LogP contribution in [0.4, 0.5) is 0 Å². The molecule has 6 heteroatoms. The molecule has 0 unspecified atom stereocenters. The first-order valence-electron chi connectivity index (χ1n) is 9.25. The molecule has 3 rings (SSSR count). The third-order valence-electron chi connectivity index (χ3n) is 5.22. The van der Waals surface area contributed by atoms with Gasteiger partial charge >= 0.3 is 5.97 Å². The number of nitrogens with zero attached hydrogens (tertiary/aromatic N) is 1. The van der Waals surface area contributed by atoms with Gasteiger partial charge in [0.05, 0.1) is 32.9 Å². The molecule has 1 aliphatic rings. The number of hydrogen-bond donors (Lipinski definition) is 0. The van der Waals surface area contributed by atoms with E-state index in [0.29, 0.717) is 22.8 Å². The number of ether oxygens (including phenoxy) is 4. The molecule has 0 saturated heterocycles. The Labute approximate surface area is 166 Å². The zero-order chi connectivity index (χ0) is 20.3. The summed E-state index contributed by atoms with van der Waals surface area (Å²) in [5, 5.41) is 0. The van der Waals surface area contributed by atoms with Gasteiger partial charge in [0, 0.05) is 0 Å². The van der Waals surface area contributed by atoms with Crippen LogP contribution >= 0.6 is 0 Å². The Bertz CT molecular complexity index is 824. The zero-order valence-corrected chi connectivity index (χ0v) is 17.0. The molecule has 2 atom stereocenters. The minimum atomic E-state index is -0.423. The smallest absolute Gasteiger partial charge is 0.339 e. The molecule has 2 aromatic carbocycles. The lowest BCUT2D eigenvalue weighted by molar-refractivity contribution is 0.000555. The lowest BCUT2D eigenvalue weighted by Gasteiger charge is -2.37. The van der Waals surface area contributed by atoms with E-state index >= 15 is 0 Å². The summed E-state index contributed by atoms with van der Waals surface area (Å²) in [6, 6.07) is 11.5. The van der Waals surface area contributed by atoms with Crippen molar-refractivity contribution in [1.29, 1.82) is 0 Å². The average Bonchev–Trinajstić information content (AvgIpc) is 2.72. The van der Waals surface area contributed by atoms with E-state index < -0.39 is 5.97 Å². The molecule has 2 aromatic rings. The van der Waals surface area contributed by atoms with Gasteiger partial charge < -0.3 is 23.8 Å². The van der Waals surface area contributed by atoms with E-state index in [1.165, 1.54) is 26.9 Å². The molecule has 0 aliphatic heterocycles. The third-order valence-corrected chi connectivity index (χ3v) is 5.22. The Morgan fingerprint density at radius 2 is 1.64 bits per heavy atom. The summed E-state index contributed by atoms with van der Waals surface area (Å²) in [5.41, 5.74) is 2.64. The molecule has 0 radical (unpaired) electrons. The first-order valence-corrected chi connectivity index (χ1v) is 9.25. The number of benzene rings is 2. The van der Waals surface area contributed by atoms with Crippen molar-refractivity contribution >= 4 is 5.97 Å². The van der Waals surface area contributed by atoms with Crippen LogP contribution in [0, 0.1) is 0 Å². The lowest BCUT2D eigenvalue weighted by Crippen LogP contribution is -2.39. The van der Waals surface area contributed by atoms with E-state index in [-0.39, 0.29) is 12.1 Å². The average molecular weight is 385 g/mol. The van der Waals surface area contributed by atoms with Gasteiger partial charge in [-0.3, -0.25) is 0 Å². The lowest BCUT2D eigenvalue weighted by atomic mass is 9.85. The summed E-state index contributed by atoms with van der Waals surface area (Å²) in [6.07, 6.45) is 1.56. The van der Waals surface area contributed by atoms with Gasteiger partial charge in [-0.05, 0) is 50.2 Å². The van der Waals surface area contributed by atoms with Crippen LogP contribution in [0.15, 0.2) is 36.4 Å². The molecule has 0 heterocycles. The number of carbonyl (C=O) groups is 1. The number of hydrogen-bond acceptors (Lipinski definition) is 6. The van der Waals surface area contributed by atoms with Crippen LogP contribution in [0.3, 0.4) is 0 Å². The van der Waals surface area contributed by atoms with E-state index in [4.69, 9.17) is 18.9 Å². The van der Waals surface area contributed by atoms with Gasteiger partial charge in [-0.2, -0.15) is 0 Å². The van der Waals surface area contributed by atoms with Crippen molar-refractivity contribution in [2.45, 2.75) is 25.0 Å². The highest BCUT2D eigenvalue weighted by atomic mass is 16.5. The quantitative estimate of drug-likeness (QED) is 0.710. The zero-order valence-electron chi connectivity index (χ0n) is 17.0. The van der Waals surface area contributed by atoms with Crippen molar-refractivity contribution in [1.82, 2.24) is 4.90 Å². The summed E-state index contributed by atoms with van der Waals surface area (Å²) >= 11 is 0. The maximum atomic E-state index is 13.0. The number of aryl methyl sites for hydroxylation is 1. The molecule has 0 fully saturated rings. The first kappa shape index (κ1) is 20.0. The highest BCUT2D eigenvalue weighted by Gasteiger charge is 2.34. The highest BCUT2D eigenvalue weighted by Crippen LogP contribution is 2.40. The number of fused-ring (bicyclic) bond motifs is 1. The van der Waals surface area contributed by atoms with Crippen LogP contribution in [-0.2, 0) is 11.2 Å². The summed E-state index contributed by atoms with van der Waals surface area (Å²) < 4.78 is 22.1. The molecule has 0 amide bonds. The standard InChI is InChI=1S/C22H27NO5/c1-23(2)17-11-10-14-8-6-7-9-16(14)20(17)28-22(24)15-12-18(25-3)21(27-5)19(13-15)26-4/h6-9,12-13,17,20H,10-11H2,1-5H3/t17-,20-/m1/s1. The molecular formula is C22H27NO5. The van der Waals surface area contributed by atoms with Gasteiger partial charge in [0.15, 0.2) is 11.5 Å². The molecular weight excluding hydrogens is 358 g/mol. The van der Waals surface area contributed by atoms with E-state index in [9.17, 15) is 4.79 Å². The number of rotatable bonds is 6. The van der Waals surface area contributed by atoms with Crippen LogP contribution in [0.2, 0.25) is 0 Å². The fraction of sp³-hybridized carbons (Fsp3) is 0.409. The minimum Gasteiger partial charge on any atom is -0.493 e. The summed E-state index contributed by atoms with van der Waals surface area (Å²) in [5.74, 6) is 0.854. The second-order valence-electron chi connectivity index (χ2n) is 7.01. The van der Waals surface area contributed by atoms with Crippen LogP contribution in [0.1, 0.15) is 34.0 Å². The fourth-order valence-corrected chi connectivity index (χ4v) is 3.75. The number of esters is 1. The van der Waals surface area contributed by atoms with Gasteiger partial charge in [0.25, 0.3) is 0 Å². The van der Waals surface area contributed by atoms with Crippen molar-refractivity contribution in [3.8, 4) is 17.2 Å². The molecule has 1 aliphatic carbocycles. The normalized spacial score (nSPS) is 18.4. The molecule has 0 N–H and O–H groups in total. The predicted molar refractivity (Wildman–Crippen MR) is 106 cm³/mol. The van der Waals surface area contributed by atoms with Crippen LogP contribution in [0.25, 0.3) is 0 Å². The number of carbonyl (C=O) groups excluding carboxylic acids is 1. The second kappa shape index (κ2) is 8.52. The van der Waals surface area contributed by atoms with Crippen molar-refractivity contribution in [3.63, 3.8) is 0 Å². The van der Waals surface area contributed by atoms with Crippen LogP contribution < -0.4 is 14.2 Å². The van der Waals surface area contributed by atoms with Crippen molar-refractivity contribution in [2.24, 2.45) is 0 Å². The highest BCUT2D eigenvalue weighted by molar-refractivity contribution is 5.91.